The number of pyridine rings is 1. The fourth-order valence-corrected chi connectivity index (χ4v) is 1.84. The number of aromatic nitrogens is 3. The number of hydrogen-bond acceptors (Lipinski definition) is 3. The summed E-state index contributed by atoms with van der Waals surface area (Å²) in [4.78, 5) is 4.02. The normalized spacial score (nSPS) is 11.0. The van der Waals surface area contributed by atoms with E-state index in [1.807, 2.05) is 0 Å². The maximum Gasteiger partial charge on any atom is 0.240 e. The number of nitrogen functional groups attached to an aromatic ring is 1. The van der Waals surface area contributed by atoms with Crippen LogP contribution >= 0.6 is 0 Å². The Morgan fingerprint density at radius 3 is 2.72 bits per heavy atom. The molecule has 2 heterocycles. The van der Waals surface area contributed by atoms with Crippen molar-refractivity contribution >= 4 is 11.6 Å². The molecule has 1 aromatic carbocycles. The van der Waals surface area contributed by atoms with Crippen LogP contribution in [0, 0.1) is 11.6 Å². The molecule has 4 nitrogen and oxygen atoms in total. The maximum absolute atomic E-state index is 13.7. The van der Waals surface area contributed by atoms with Crippen molar-refractivity contribution in [3.05, 3.63) is 48.2 Å². The van der Waals surface area contributed by atoms with Gasteiger partial charge in [-0.15, -0.1) is 5.10 Å². The molecular formula is C12H8F2N4. The van der Waals surface area contributed by atoms with Crippen LogP contribution in [0.5, 0.6) is 0 Å². The SMILES string of the molecule is Nc1nc2c(-c3ccc(F)cc3F)cccn2n1. The van der Waals surface area contributed by atoms with E-state index in [-0.39, 0.29) is 11.5 Å². The third kappa shape index (κ3) is 1.58. The van der Waals surface area contributed by atoms with Crippen LogP contribution in [0.1, 0.15) is 0 Å². The summed E-state index contributed by atoms with van der Waals surface area (Å²) in [6, 6.07) is 6.77. The summed E-state index contributed by atoms with van der Waals surface area (Å²) in [7, 11) is 0. The van der Waals surface area contributed by atoms with Gasteiger partial charge < -0.3 is 5.73 Å². The van der Waals surface area contributed by atoms with Crippen LogP contribution < -0.4 is 5.73 Å². The lowest BCUT2D eigenvalue weighted by atomic mass is 10.1. The predicted octanol–water partition coefficient (Wildman–Crippen LogP) is 2.26. The Bertz CT molecular complexity index is 736. The summed E-state index contributed by atoms with van der Waals surface area (Å²) < 4.78 is 28.1. The van der Waals surface area contributed by atoms with Crippen LogP contribution in [-0.2, 0) is 0 Å². The Kier molecular flexibility index (Phi) is 2.22. The zero-order valence-electron chi connectivity index (χ0n) is 9.14. The van der Waals surface area contributed by atoms with Gasteiger partial charge in [-0.1, -0.05) is 0 Å². The number of nitrogens with zero attached hydrogens (tertiary/aromatic N) is 3. The van der Waals surface area contributed by atoms with E-state index in [0.29, 0.717) is 11.2 Å². The minimum atomic E-state index is -0.648. The highest BCUT2D eigenvalue weighted by Gasteiger charge is 2.12. The predicted molar refractivity (Wildman–Crippen MR) is 62.8 cm³/mol. The molecule has 0 radical (unpaired) electrons. The molecule has 2 aromatic heterocycles. The molecule has 0 atom stereocenters. The minimum Gasteiger partial charge on any atom is -0.366 e. The molecule has 3 rings (SSSR count). The fourth-order valence-electron chi connectivity index (χ4n) is 1.84. The lowest BCUT2D eigenvalue weighted by Gasteiger charge is -2.04. The van der Waals surface area contributed by atoms with Crippen molar-refractivity contribution in [3.8, 4) is 11.1 Å². The van der Waals surface area contributed by atoms with E-state index in [1.165, 1.54) is 16.6 Å². The molecular weight excluding hydrogens is 238 g/mol. The first kappa shape index (κ1) is 10.6. The number of nitrogens with two attached hydrogens (primary N) is 1. The first-order chi connectivity index (χ1) is 8.65. The molecule has 0 unspecified atom stereocenters. The second kappa shape index (κ2) is 3.76. The number of benzene rings is 1. The summed E-state index contributed by atoms with van der Waals surface area (Å²) in [5, 5.41) is 3.93. The Labute approximate surface area is 101 Å². The van der Waals surface area contributed by atoms with Crippen LogP contribution in [0.4, 0.5) is 14.7 Å². The maximum atomic E-state index is 13.7. The standard InChI is InChI=1S/C12H8F2N4/c13-7-3-4-8(10(14)6-7)9-2-1-5-18-11(9)16-12(15)17-18/h1-6H,(H2,15,17). The van der Waals surface area contributed by atoms with Gasteiger partial charge in [0.15, 0.2) is 5.65 Å². The average molecular weight is 246 g/mol. The van der Waals surface area contributed by atoms with E-state index >= 15 is 0 Å². The quantitative estimate of drug-likeness (QED) is 0.716. The van der Waals surface area contributed by atoms with Gasteiger partial charge in [-0.25, -0.2) is 13.3 Å². The van der Waals surface area contributed by atoms with Gasteiger partial charge in [-0.3, -0.25) is 0 Å². The van der Waals surface area contributed by atoms with Gasteiger partial charge in [-0.2, -0.15) is 4.98 Å². The molecule has 0 aliphatic heterocycles. The number of anilines is 1. The van der Waals surface area contributed by atoms with Crippen LogP contribution in [0.3, 0.4) is 0 Å². The van der Waals surface area contributed by atoms with Crippen LogP contribution in [0.2, 0.25) is 0 Å². The van der Waals surface area contributed by atoms with Gasteiger partial charge in [0.25, 0.3) is 0 Å². The van der Waals surface area contributed by atoms with Gasteiger partial charge in [0.1, 0.15) is 11.6 Å². The molecule has 0 aliphatic rings. The highest BCUT2D eigenvalue weighted by Crippen LogP contribution is 2.26. The van der Waals surface area contributed by atoms with Gasteiger partial charge in [0.05, 0.1) is 0 Å². The van der Waals surface area contributed by atoms with E-state index in [1.54, 1.807) is 18.3 Å². The van der Waals surface area contributed by atoms with Crippen molar-refractivity contribution in [3.63, 3.8) is 0 Å². The molecule has 0 saturated heterocycles. The molecule has 0 aliphatic carbocycles. The van der Waals surface area contributed by atoms with E-state index in [9.17, 15) is 8.78 Å². The zero-order chi connectivity index (χ0) is 12.7. The topological polar surface area (TPSA) is 56.2 Å². The third-order valence-corrected chi connectivity index (χ3v) is 2.60. The fraction of sp³-hybridized carbons (Fsp3) is 0. The molecule has 0 saturated carbocycles. The monoisotopic (exact) mass is 246 g/mol. The lowest BCUT2D eigenvalue weighted by molar-refractivity contribution is 0.585. The zero-order valence-corrected chi connectivity index (χ0v) is 9.14. The van der Waals surface area contributed by atoms with Crippen LogP contribution in [0.15, 0.2) is 36.5 Å². The largest absolute Gasteiger partial charge is 0.366 e. The number of fused-ring (bicyclic) bond motifs is 1. The first-order valence-corrected chi connectivity index (χ1v) is 5.21. The number of rotatable bonds is 1. The molecule has 0 fully saturated rings. The van der Waals surface area contributed by atoms with Crippen LogP contribution in [-0.4, -0.2) is 14.6 Å². The Morgan fingerprint density at radius 1 is 1.11 bits per heavy atom. The third-order valence-electron chi connectivity index (χ3n) is 2.60. The van der Waals surface area contributed by atoms with Gasteiger partial charge in [0.2, 0.25) is 5.95 Å². The van der Waals surface area contributed by atoms with E-state index in [2.05, 4.69) is 10.1 Å². The second-order valence-corrected chi connectivity index (χ2v) is 3.78. The van der Waals surface area contributed by atoms with Gasteiger partial charge >= 0.3 is 0 Å². The molecule has 2 N–H and O–H groups in total. The summed E-state index contributed by atoms with van der Waals surface area (Å²) >= 11 is 0. The number of hydrogen-bond donors (Lipinski definition) is 1. The molecule has 6 heteroatoms. The summed E-state index contributed by atoms with van der Waals surface area (Å²) in [6.45, 7) is 0. The van der Waals surface area contributed by atoms with Crippen molar-refractivity contribution in [1.82, 2.24) is 14.6 Å². The molecule has 18 heavy (non-hydrogen) atoms. The van der Waals surface area contributed by atoms with Crippen molar-refractivity contribution in [2.75, 3.05) is 5.73 Å². The van der Waals surface area contributed by atoms with Crippen molar-refractivity contribution in [1.29, 1.82) is 0 Å². The lowest BCUT2D eigenvalue weighted by Crippen LogP contribution is -1.92. The highest BCUT2D eigenvalue weighted by atomic mass is 19.1. The van der Waals surface area contributed by atoms with Crippen molar-refractivity contribution in [2.45, 2.75) is 0 Å². The number of halogens is 2. The molecule has 3 aromatic rings. The minimum absolute atomic E-state index is 0.102. The Balaban J connectivity index is 2.31. The smallest absolute Gasteiger partial charge is 0.240 e. The van der Waals surface area contributed by atoms with Crippen molar-refractivity contribution < 1.29 is 8.78 Å². The Hall–Kier alpha value is -2.50. The summed E-state index contributed by atoms with van der Waals surface area (Å²) in [6.07, 6.45) is 1.66. The van der Waals surface area contributed by atoms with E-state index < -0.39 is 11.6 Å². The molecule has 0 spiro atoms. The van der Waals surface area contributed by atoms with E-state index in [0.717, 1.165) is 6.07 Å². The van der Waals surface area contributed by atoms with Gasteiger partial charge in [0, 0.05) is 23.4 Å². The van der Waals surface area contributed by atoms with E-state index in [4.69, 9.17) is 5.73 Å². The Morgan fingerprint density at radius 2 is 1.94 bits per heavy atom. The van der Waals surface area contributed by atoms with Crippen molar-refractivity contribution in [2.24, 2.45) is 0 Å². The molecule has 90 valence electrons. The highest BCUT2D eigenvalue weighted by molar-refractivity contribution is 5.78. The molecule has 0 amide bonds. The summed E-state index contributed by atoms with van der Waals surface area (Å²) in [5.74, 6) is -1.17. The molecule has 0 bridgehead atoms. The van der Waals surface area contributed by atoms with Gasteiger partial charge in [-0.05, 0) is 24.3 Å². The summed E-state index contributed by atoms with van der Waals surface area (Å²) in [5.41, 5.74) is 6.71. The van der Waals surface area contributed by atoms with Crippen LogP contribution in [0.25, 0.3) is 16.8 Å². The average Bonchev–Trinajstić information content (AvgIpc) is 2.69. The second-order valence-electron chi connectivity index (χ2n) is 3.78. The first-order valence-electron chi connectivity index (χ1n) is 5.21.